The average Bonchev–Trinajstić information content (AvgIpc) is 2.39. The van der Waals surface area contributed by atoms with Gasteiger partial charge in [-0.3, -0.25) is 4.90 Å². The predicted molar refractivity (Wildman–Crippen MR) is 73.7 cm³/mol. The number of nitrogens with zero attached hydrogens (tertiary/aromatic N) is 1. The van der Waals surface area contributed by atoms with Crippen LogP contribution in [0.1, 0.15) is 18.9 Å². The third-order valence-electron chi connectivity index (χ3n) is 3.55. The van der Waals surface area contributed by atoms with Gasteiger partial charge in [0.25, 0.3) is 0 Å². The first-order chi connectivity index (χ1) is 8.31. The fraction of sp³-hybridized carbons (Fsp3) is 0.571. The van der Waals surface area contributed by atoms with E-state index in [1.54, 1.807) is 0 Å². The van der Waals surface area contributed by atoms with Crippen molar-refractivity contribution in [2.45, 2.75) is 25.8 Å². The van der Waals surface area contributed by atoms with E-state index in [0.717, 1.165) is 37.6 Å². The first-order valence-corrected chi connectivity index (χ1v) is 6.87. The number of benzene rings is 1. The smallest absolute Gasteiger partial charge is 0.0438 e. The van der Waals surface area contributed by atoms with E-state index in [1.807, 2.05) is 12.1 Å². The summed E-state index contributed by atoms with van der Waals surface area (Å²) in [5.74, 6) is 0. The summed E-state index contributed by atoms with van der Waals surface area (Å²) in [5, 5.41) is 4.30. The van der Waals surface area contributed by atoms with Crippen LogP contribution < -0.4 is 5.32 Å². The second-order valence-corrected chi connectivity index (χ2v) is 5.05. The van der Waals surface area contributed by atoms with Gasteiger partial charge in [0.1, 0.15) is 0 Å². The van der Waals surface area contributed by atoms with Crippen molar-refractivity contribution in [1.29, 1.82) is 0 Å². The fourth-order valence-electron chi connectivity index (χ4n) is 2.50. The molecular formula is C14H21ClN2. The van der Waals surface area contributed by atoms with Gasteiger partial charge in [0.05, 0.1) is 0 Å². The van der Waals surface area contributed by atoms with E-state index in [2.05, 4.69) is 29.3 Å². The van der Waals surface area contributed by atoms with Crippen molar-refractivity contribution in [2.75, 3.05) is 26.2 Å². The number of halogens is 1. The summed E-state index contributed by atoms with van der Waals surface area (Å²) in [6.45, 7) is 6.80. The average molecular weight is 253 g/mol. The maximum atomic E-state index is 6.23. The van der Waals surface area contributed by atoms with Crippen LogP contribution in [0.5, 0.6) is 0 Å². The minimum atomic E-state index is 0.622. The fourth-order valence-corrected chi connectivity index (χ4v) is 2.71. The molecule has 0 radical (unpaired) electrons. The van der Waals surface area contributed by atoms with Crippen LogP contribution in [0.25, 0.3) is 0 Å². The molecule has 17 heavy (non-hydrogen) atoms. The molecule has 2 rings (SSSR count). The van der Waals surface area contributed by atoms with Gasteiger partial charge in [-0.15, -0.1) is 0 Å². The molecule has 1 heterocycles. The van der Waals surface area contributed by atoms with Crippen molar-refractivity contribution >= 4 is 11.6 Å². The van der Waals surface area contributed by atoms with Crippen molar-refractivity contribution in [1.82, 2.24) is 10.2 Å². The largest absolute Gasteiger partial charge is 0.314 e. The molecule has 1 aromatic rings. The molecule has 0 saturated carbocycles. The zero-order valence-corrected chi connectivity index (χ0v) is 11.2. The van der Waals surface area contributed by atoms with Gasteiger partial charge >= 0.3 is 0 Å². The van der Waals surface area contributed by atoms with E-state index >= 15 is 0 Å². The first kappa shape index (κ1) is 12.9. The standard InChI is InChI=1S/C14H21ClN2/c1-2-13(17-9-7-16-8-10-17)11-12-5-3-4-6-14(12)15/h3-6,13,16H,2,7-11H2,1H3. The monoisotopic (exact) mass is 252 g/mol. The molecule has 0 spiro atoms. The minimum Gasteiger partial charge on any atom is -0.314 e. The Kier molecular flexibility index (Phi) is 4.84. The van der Waals surface area contributed by atoms with Crippen molar-refractivity contribution < 1.29 is 0 Å². The Balaban J connectivity index is 2.01. The molecule has 94 valence electrons. The number of rotatable bonds is 4. The SMILES string of the molecule is CCC(Cc1ccccc1Cl)N1CCNCC1. The van der Waals surface area contributed by atoms with Crippen LogP contribution in [0.15, 0.2) is 24.3 Å². The highest BCUT2D eigenvalue weighted by atomic mass is 35.5. The third kappa shape index (κ3) is 3.44. The molecule has 1 aliphatic heterocycles. The Morgan fingerprint density at radius 1 is 1.29 bits per heavy atom. The van der Waals surface area contributed by atoms with Crippen LogP contribution in [-0.4, -0.2) is 37.1 Å². The van der Waals surface area contributed by atoms with Gasteiger partial charge in [-0.05, 0) is 24.5 Å². The molecule has 2 nitrogen and oxygen atoms in total. The molecule has 1 fully saturated rings. The van der Waals surface area contributed by atoms with Crippen molar-refractivity contribution in [3.05, 3.63) is 34.9 Å². The molecular weight excluding hydrogens is 232 g/mol. The van der Waals surface area contributed by atoms with E-state index in [0.29, 0.717) is 6.04 Å². The molecule has 3 heteroatoms. The highest BCUT2D eigenvalue weighted by Gasteiger charge is 2.19. The molecule has 1 atom stereocenters. The predicted octanol–water partition coefficient (Wildman–Crippen LogP) is 2.57. The van der Waals surface area contributed by atoms with Gasteiger partial charge in [-0.2, -0.15) is 0 Å². The maximum Gasteiger partial charge on any atom is 0.0438 e. The van der Waals surface area contributed by atoms with Gasteiger partial charge in [0, 0.05) is 37.2 Å². The quantitative estimate of drug-likeness (QED) is 0.886. The maximum absolute atomic E-state index is 6.23. The van der Waals surface area contributed by atoms with Gasteiger partial charge in [-0.1, -0.05) is 36.7 Å². The lowest BCUT2D eigenvalue weighted by molar-refractivity contribution is 0.167. The van der Waals surface area contributed by atoms with Gasteiger partial charge in [0.15, 0.2) is 0 Å². The van der Waals surface area contributed by atoms with E-state index in [9.17, 15) is 0 Å². The van der Waals surface area contributed by atoms with Crippen molar-refractivity contribution in [3.8, 4) is 0 Å². The molecule has 0 amide bonds. The molecule has 1 aliphatic rings. The number of piperazine rings is 1. The Hall–Kier alpha value is -0.570. The van der Waals surface area contributed by atoms with Crippen LogP contribution in [0.3, 0.4) is 0 Å². The normalized spacial score (nSPS) is 19.2. The summed E-state index contributed by atoms with van der Waals surface area (Å²) >= 11 is 6.23. The summed E-state index contributed by atoms with van der Waals surface area (Å²) in [6, 6.07) is 8.83. The second kappa shape index (κ2) is 6.39. The van der Waals surface area contributed by atoms with Gasteiger partial charge < -0.3 is 5.32 Å². The highest BCUT2D eigenvalue weighted by molar-refractivity contribution is 6.31. The lowest BCUT2D eigenvalue weighted by Gasteiger charge is -2.34. The van der Waals surface area contributed by atoms with Crippen LogP contribution in [0, 0.1) is 0 Å². The zero-order chi connectivity index (χ0) is 12.1. The molecule has 1 unspecified atom stereocenters. The molecule has 0 bridgehead atoms. The number of hydrogen-bond acceptors (Lipinski definition) is 2. The van der Waals surface area contributed by atoms with Gasteiger partial charge in [-0.25, -0.2) is 0 Å². The first-order valence-electron chi connectivity index (χ1n) is 6.49. The summed E-state index contributed by atoms with van der Waals surface area (Å²) in [6.07, 6.45) is 2.25. The summed E-state index contributed by atoms with van der Waals surface area (Å²) in [5.41, 5.74) is 1.28. The Labute approximate surface area is 109 Å². The van der Waals surface area contributed by atoms with E-state index in [4.69, 9.17) is 11.6 Å². The van der Waals surface area contributed by atoms with E-state index in [-0.39, 0.29) is 0 Å². The van der Waals surface area contributed by atoms with Crippen LogP contribution in [0.4, 0.5) is 0 Å². The molecule has 1 aromatic carbocycles. The Morgan fingerprint density at radius 2 is 2.00 bits per heavy atom. The molecule has 0 aromatic heterocycles. The summed E-state index contributed by atoms with van der Waals surface area (Å²) in [7, 11) is 0. The van der Waals surface area contributed by atoms with Crippen molar-refractivity contribution in [2.24, 2.45) is 0 Å². The summed E-state index contributed by atoms with van der Waals surface area (Å²) < 4.78 is 0. The van der Waals surface area contributed by atoms with Gasteiger partial charge in [0.2, 0.25) is 0 Å². The van der Waals surface area contributed by atoms with Crippen LogP contribution in [0.2, 0.25) is 5.02 Å². The van der Waals surface area contributed by atoms with E-state index in [1.165, 1.54) is 12.0 Å². The third-order valence-corrected chi connectivity index (χ3v) is 3.92. The lowest BCUT2D eigenvalue weighted by atomic mass is 10.0. The number of hydrogen-bond donors (Lipinski definition) is 1. The minimum absolute atomic E-state index is 0.622. The number of nitrogens with one attached hydrogen (secondary N) is 1. The molecule has 0 aliphatic carbocycles. The topological polar surface area (TPSA) is 15.3 Å². The molecule has 1 saturated heterocycles. The van der Waals surface area contributed by atoms with Crippen LogP contribution in [-0.2, 0) is 6.42 Å². The summed E-state index contributed by atoms with van der Waals surface area (Å²) in [4.78, 5) is 2.58. The Bertz CT molecular complexity index is 348. The molecule has 1 N–H and O–H groups in total. The Morgan fingerprint density at radius 3 is 2.65 bits per heavy atom. The highest BCUT2D eigenvalue weighted by Crippen LogP contribution is 2.20. The van der Waals surface area contributed by atoms with E-state index < -0.39 is 0 Å². The van der Waals surface area contributed by atoms with Crippen molar-refractivity contribution in [3.63, 3.8) is 0 Å². The lowest BCUT2D eigenvalue weighted by Crippen LogP contribution is -2.48. The zero-order valence-electron chi connectivity index (χ0n) is 10.5. The van der Waals surface area contributed by atoms with Crippen LogP contribution >= 0.6 is 11.6 Å². The second-order valence-electron chi connectivity index (χ2n) is 4.64.